The maximum Gasteiger partial charge on any atom is 0.230 e. The molecule has 2 N–H and O–H groups in total. The number of hydrogen-bond donors (Lipinski definition) is 2. The van der Waals surface area contributed by atoms with E-state index in [1.54, 1.807) is 18.2 Å². The van der Waals surface area contributed by atoms with Gasteiger partial charge < -0.3 is 10.6 Å². The third kappa shape index (κ3) is 9.75. The summed E-state index contributed by atoms with van der Waals surface area (Å²) in [5.41, 5.74) is 6.17. The van der Waals surface area contributed by atoms with Gasteiger partial charge in [0.05, 0.1) is 0 Å². The molecule has 1 aromatic heterocycles. The monoisotopic (exact) mass is 613 g/mol. The predicted molar refractivity (Wildman–Crippen MR) is 183 cm³/mol. The normalized spacial score (nSPS) is 10.4. The van der Waals surface area contributed by atoms with Crippen LogP contribution in [0.5, 0.6) is 0 Å². The number of ketones is 3. The van der Waals surface area contributed by atoms with E-state index in [0.717, 1.165) is 28.9 Å². The standard InChI is InChI=1S/C26H24O3.C12H15N5/c1-3-19-10-7-11-21(12-19)14-26(29)24-16-22(18(2)27)15-23(17-24)25(28)13-20-8-5-4-6-9-20;1-8-14-9(2)16-12(15-8)17-11-6-4-5-10(7-11)13-3/h4-12,15-17H,3,13-14H2,1-2H3;4-7,13H,1-3H3,(H,14,15,16,17). The Morgan fingerprint density at radius 1 is 0.609 bits per heavy atom. The fourth-order valence-electron chi connectivity index (χ4n) is 4.84. The van der Waals surface area contributed by atoms with Gasteiger partial charge in [-0.25, -0.2) is 4.98 Å². The maximum absolute atomic E-state index is 12.9. The lowest BCUT2D eigenvalue weighted by molar-refractivity contribution is 0.0992. The summed E-state index contributed by atoms with van der Waals surface area (Å²) in [5, 5.41) is 6.24. The fourth-order valence-corrected chi connectivity index (χ4v) is 4.84. The molecule has 8 heteroatoms. The number of nitrogens with zero attached hydrogens (tertiary/aromatic N) is 3. The van der Waals surface area contributed by atoms with Crippen molar-refractivity contribution in [3.8, 4) is 0 Å². The Labute approximate surface area is 270 Å². The Morgan fingerprint density at radius 2 is 1.15 bits per heavy atom. The van der Waals surface area contributed by atoms with Gasteiger partial charge in [0.1, 0.15) is 11.6 Å². The highest BCUT2D eigenvalue weighted by atomic mass is 16.1. The highest BCUT2D eigenvalue weighted by molar-refractivity contribution is 6.06. The lowest BCUT2D eigenvalue weighted by atomic mass is 9.94. The molecule has 0 radical (unpaired) electrons. The molecule has 0 aliphatic heterocycles. The second kappa shape index (κ2) is 16.0. The second-order valence-corrected chi connectivity index (χ2v) is 10.9. The van der Waals surface area contributed by atoms with Gasteiger partial charge in [-0.15, -0.1) is 0 Å². The van der Waals surface area contributed by atoms with Gasteiger partial charge in [-0.3, -0.25) is 14.4 Å². The van der Waals surface area contributed by atoms with Crippen LogP contribution in [0.1, 0.15) is 73.3 Å². The molecule has 0 saturated heterocycles. The molecule has 0 spiro atoms. The summed E-state index contributed by atoms with van der Waals surface area (Å²) in [6.45, 7) is 7.22. The lowest BCUT2D eigenvalue weighted by Crippen LogP contribution is -2.10. The first-order valence-electron chi connectivity index (χ1n) is 15.2. The summed E-state index contributed by atoms with van der Waals surface area (Å²) < 4.78 is 0. The van der Waals surface area contributed by atoms with Crippen molar-refractivity contribution in [2.45, 2.75) is 47.0 Å². The van der Waals surface area contributed by atoms with Crippen LogP contribution in [0.4, 0.5) is 17.3 Å². The third-order valence-corrected chi connectivity index (χ3v) is 7.22. The van der Waals surface area contributed by atoms with Crippen LogP contribution in [0.15, 0.2) is 97.1 Å². The van der Waals surface area contributed by atoms with Gasteiger partial charge in [0.2, 0.25) is 5.95 Å². The number of aromatic nitrogens is 3. The van der Waals surface area contributed by atoms with E-state index in [1.807, 2.05) is 99.8 Å². The summed E-state index contributed by atoms with van der Waals surface area (Å²) >= 11 is 0. The van der Waals surface area contributed by atoms with Gasteiger partial charge in [-0.05, 0) is 80.3 Å². The van der Waals surface area contributed by atoms with Crippen LogP contribution in [0.2, 0.25) is 0 Å². The first kappa shape index (κ1) is 33.4. The molecule has 0 unspecified atom stereocenters. The average Bonchev–Trinajstić information content (AvgIpc) is 3.05. The van der Waals surface area contributed by atoms with E-state index in [0.29, 0.717) is 34.3 Å². The summed E-state index contributed by atoms with van der Waals surface area (Å²) in [7, 11) is 1.89. The SMILES string of the molecule is CCc1cccc(CC(=O)c2cc(C(C)=O)cc(C(=O)Cc3ccccc3)c2)c1.CNc1cccc(Nc2nc(C)nc(C)n2)c1. The van der Waals surface area contributed by atoms with Crippen molar-refractivity contribution < 1.29 is 14.4 Å². The Balaban J connectivity index is 0.000000240. The molecular weight excluding hydrogens is 574 g/mol. The van der Waals surface area contributed by atoms with Crippen molar-refractivity contribution in [1.82, 2.24) is 15.0 Å². The zero-order chi connectivity index (χ0) is 33.1. The predicted octanol–water partition coefficient (Wildman–Crippen LogP) is 7.58. The fraction of sp³-hybridized carbons (Fsp3) is 0.211. The Morgan fingerprint density at radius 3 is 1.76 bits per heavy atom. The molecule has 0 fully saturated rings. The maximum atomic E-state index is 12.9. The van der Waals surface area contributed by atoms with Crippen LogP contribution in [-0.2, 0) is 19.3 Å². The quantitative estimate of drug-likeness (QED) is 0.147. The van der Waals surface area contributed by atoms with Gasteiger partial charge >= 0.3 is 0 Å². The molecule has 8 nitrogen and oxygen atoms in total. The van der Waals surface area contributed by atoms with Gasteiger partial charge in [0, 0.05) is 48.0 Å². The second-order valence-electron chi connectivity index (χ2n) is 10.9. The van der Waals surface area contributed by atoms with E-state index in [-0.39, 0.29) is 30.2 Å². The minimum absolute atomic E-state index is 0.102. The first-order chi connectivity index (χ1) is 22.1. The average molecular weight is 614 g/mol. The number of rotatable bonds is 11. The van der Waals surface area contributed by atoms with Gasteiger partial charge in [0.15, 0.2) is 17.3 Å². The highest BCUT2D eigenvalue weighted by Gasteiger charge is 2.16. The number of aryl methyl sites for hydroxylation is 3. The summed E-state index contributed by atoms with van der Waals surface area (Å²) in [5.74, 6) is 1.62. The van der Waals surface area contributed by atoms with Crippen molar-refractivity contribution in [3.05, 3.63) is 142 Å². The van der Waals surface area contributed by atoms with Gasteiger partial charge in [0.25, 0.3) is 0 Å². The van der Waals surface area contributed by atoms with E-state index in [2.05, 4.69) is 32.5 Å². The van der Waals surface area contributed by atoms with Crippen LogP contribution < -0.4 is 10.6 Å². The largest absolute Gasteiger partial charge is 0.388 e. The smallest absolute Gasteiger partial charge is 0.230 e. The van der Waals surface area contributed by atoms with Gasteiger partial charge in [-0.2, -0.15) is 9.97 Å². The van der Waals surface area contributed by atoms with Crippen LogP contribution in [0.25, 0.3) is 0 Å². The molecule has 0 aliphatic rings. The number of anilines is 3. The molecule has 0 bridgehead atoms. The van der Waals surface area contributed by atoms with Crippen LogP contribution >= 0.6 is 0 Å². The molecule has 46 heavy (non-hydrogen) atoms. The molecule has 5 rings (SSSR count). The van der Waals surface area contributed by atoms with Crippen molar-refractivity contribution in [2.24, 2.45) is 0 Å². The number of hydrogen-bond acceptors (Lipinski definition) is 8. The topological polar surface area (TPSA) is 114 Å². The van der Waals surface area contributed by atoms with Crippen LogP contribution in [0.3, 0.4) is 0 Å². The van der Waals surface area contributed by atoms with E-state index in [4.69, 9.17) is 0 Å². The summed E-state index contributed by atoms with van der Waals surface area (Å²) in [6.07, 6.45) is 1.37. The number of benzene rings is 4. The van der Waals surface area contributed by atoms with E-state index in [1.165, 1.54) is 12.5 Å². The zero-order valence-electron chi connectivity index (χ0n) is 26.9. The number of nitrogens with one attached hydrogen (secondary N) is 2. The molecule has 4 aromatic carbocycles. The minimum Gasteiger partial charge on any atom is -0.388 e. The number of carbonyl (C=O) groups is 3. The molecule has 1 heterocycles. The number of carbonyl (C=O) groups excluding carboxylic acids is 3. The van der Waals surface area contributed by atoms with E-state index < -0.39 is 0 Å². The molecule has 0 saturated carbocycles. The summed E-state index contributed by atoms with van der Waals surface area (Å²) in [4.78, 5) is 50.3. The molecule has 234 valence electrons. The lowest BCUT2D eigenvalue weighted by Gasteiger charge is -2.09. The Hall–Kier alpha value is -5.50. The minimum atomic E-state index is -0.165. The number of Topliss-reactive ketones (excluding diaryl/α,β-unsaturated/α-hetero) is 3. The molecule has 5 aromatic rings. The molecule has 0 atom stereocenters. The van der Waals surface area contributed by atoms with E-state index >= 15 is 0 Å². The third-order valence-electron chi connectivity index (χ3n) is 7.22. The van der Waals surface area contributed by atoms with Gasteiger partial charge in [-0.1, -0.05) is 67.6 Å². The molecule has 0 amide bonds. The molecule has 0 aliphatic carbocycles. The van der Waals surface area contributed by atoms with Crippen molar-refractivity contribution in [2.75, 3.05) is 17.7 Å². The summed E-state index contributed by atoms with van der Waals surface area (Å²) in [6, 6.07) is 30.1. The Bertz CT molecular complexity index is 1820. The van der Waals surface area contributed by atoms with Crippen LogP contribution in [-0.4, -0.2) is 39.3 Å². The van der Waals surface area contributed by atoms with E-state index in [9.17, 15) is 14.4 Å². The zero-order valence-corrected chi connectivity index (χ0v) is 26.9. The van der Waals surface area contributed by atoms with Crippen molar-refractivity contribution in [3.63, 3.8) is 0 Å². The van der Waals surface area contributed by atoms with Crippen molar-refractivity contribution >= 4 is 34.7 Å². The highest BCUT2D eigenvalue weighted by Crippen LogP contribution is 2.19. The molecular formula is C38H39N5O3. The van der Waals surface area contributed by atoms with Crippen molar-refractivity contribution in [1.29, 1.82) is 0 Å². The first-order valence-corrected chi connectivity index (χ1v) is 15.2. The Kier molecular flexibility index (Phi) is 11.6. The van der Waals surface area contributed by atoms with Crippen LogP contribution in [0, 0.1) is 13.8 Å².